The van der Waals surface area contributed by atoms with E-state index in [0.717, 1.165) is 0 Å². The van der Waals surface area contributed by atoms with Gasteiger partial charge in [0.05, 0.1) is 11.5 Å². The molecule has 23 heavy (non-hydrogen) atoms. The highest BCUT2D eigenvalue weighted by Crippen LogP contribution is 2.25. The molecule has 0 aliphatic heterocycles. The molecule has 3 aromatic rings. The Balaban J connectivity index is 1.84. The van der Waals surface area contributed by atoms with E-state index in [2.05, 4.69) is 9.71 Å². The Morgan fingerprint density at radius 1 is 1.13 bits per heavy atom. The van der Waals surface area contributed by atoms with Gasteiger partial charge in [-0.2, -0.15) is 0 Å². The summed E-state index contributed by atoms with van der Waals surface area (Å²) in [4.78, 5) is 2.56. The van der Waals surface area contributed by atoms with Crippen LogP contribution in [0.25, 0.3) is 10.9 Å². The Morgan fingerprint density at radius 3 is 2.61 bits per heavy atom. The fraction of sp³-hybridized carbons (Fsp3) is 0.125. The van der Waals surface area contributed by atoms with Crippen LogP contribution < -0.4 is 4.72 Å². The number of sulfonamides is 1. The molecule has 3 N–H and O–H groups in total. The highest BCUT2D eigenvalue weighted by atomic mass is 32.2. The average Bonchev–Trinajstić information content (AvgIpc) is 3.00. The van der Waals surface area contributed by atoms with Crippen LogP contribution in [-0.4, -0.2) is 25.1 Å². The standard InChI is InChI=1S/C16H15FN2O3S/c17-12-7-4-8-13-16(12)15(10-18-13)23(21,22)19-9-14(20)11-5-2-1-3-6-11/h1-8,10,14,18-20H,9H2/t14-/m1/s1. The van der Waals surface area contributed by atoms with Gasteiger partial charge in [0.25, 0.3) is 0 Å². The Bertz CT molecular complexity index is 923. The maximum absolute atomic E-state index is 13.9. The van der Waals surface area contributed by atoms with Gasteiger partial charge in [0.2, 0.25) is 10.0 Å². The molecule has 120 valence electrons. The average molecular weight is 334 g/mol. The molecule has 1 atom stereocenters. The molecule has 7 heteroatoms. The number of aromatic nitrogens is 1. The number of H-pyrrole nitrogens is 1. The largest absolute Gasteiger partial charge is 0.387 e. The number of rotatable bonds is 5. The van der Waals surface area contributed by atoms with Crippen molar-refractivity contribution in [2.75, 3.05) is 6.54 Å². The second kappa shape index (κ2) is 6.11. The van der Waals surface area contributed by atoms with Gasteiger partial charge < -0.3 is 10.1 Å². The monoisotopic (exact) mass is 334 g/mol. The number of aliphatic hydroxyl groups is 1. The van der Waals surface area contributed by atoms with Gasteiger partial charge in [-0.1, -0.05) is 36.4 Å². The molecule has 0 saturated heterocycles. The van der Waals surface area contributed by atoms with Crippen molar-refractivity contribution in [1.82, 2.24) is 9.71 Å². The molecular weight excluding hydrogens is 319 g/mol. The van der Waals surface area contributed by atoms with Gasteiger partial charge in [-0.3, -0.25) is 0 Å². The van der Waals surface area contributed by atoms with E-state index in [0.29, 0.717) is 11.1 Å². The van der Waals surface area contributed by atoms with E-state index in [1.54, 1.807) is 36.4 Å². The molecule has 3 rings (SSSR count). The topological polar surface area (TPSA) is 82.2 Å². The number of nitrogens with one attached hydrogen (secondary N) is 2. The molecule has 0 aliphatic carbocycles. The van der Waals surface area contributed by atoms with Crippen LogP contribution in [0.3, 0.4) is 0 Å². The summed E-state index contributed by atoms with van der Waals surface area (Å²) in [6, 6.07) is 13.0. The molecule has 0 bridgehead atoms. The van der Waals surface area contributed by atoms with Gasteiger partial charge in [-0.25, -0.2) is 17.5 Å². The number of aromatic amines is 1. The third-order valence-electron chi connectivity index (χ3n) is 3.56. The summed E-state index contributed by atoms with van der Waals surface area (Å²) >= 11 is 0. The SMILES string of the molecule is O=S(=O)(NC[C@@H](O)c1ccccc1)c1c[nH]c2cccc(F)c12. The van der Waals surface area contributed by atoms with E-state index in [4.69, 9.17) is 0 Å². The summed E-state index contributed by atoms with van der Waals surface area (Å²) in [5.41, 5.74) is 0.995. The zero-order valence-corrected chi connectivity index (χ0v) is 12.8. The fourth-order valence-corrected chi connectivity index (χ4v) is 3.60. The first kappa shape index (κ1) is 15.7. The van der Waals surface area contributed by atoms with Crippen molar-refractivity contribution in [2.45, 2.75) is 11.0 Å². The normalized spacial score (nSPS) is 13.3. The predicted octanol–water partition coefficient (Wildman–Crippen LogP) is 2.32. The Labute approximate surface area is 132 Å². The van der Waals surface area contributed by atoms with Crippen LogP contribution in [0.5, 0.6) is 0 Å². The molecule has 2 aromatic carbocycles. The minimum absolute atomic E-state index is 0.00852. The smallest absolute Gasteiger partial charge is 0.242 e. The highest BCUT2D eigenvalue weighted by Gasteiger charge is 2.22. The van der Waals surface area contributed by atoms with Crippen LogP contribution in [-0.2, 0) is 10.0 Å². The second-order valence-corrected chi connectivity index (χ2v) is 6.83. The molecule has 0 aliphatic rings. The third-order valence-corrected chi connectivity index (χ3v) is 5.01. The summed E-state index contributed by atoms with van der Waals surface area (Å²) in [7, 11) is -3.95. The summed E-state index contributed by atoms with van der Waals surface area (Å²) in [6.45, 7) is -0.201. The first-order valence-corrected chi connectivity index (χ1v) is 8.45. The number of fused-ring (bicyclic) bond motifs is 1. The minimum Gasteiger partial charge on any atom is -0.387 e. The van der Waals surface area contributed by atoms with Crippen LogP contribution in [0, 0.1) is 5.82 Å². The number of halogens is 1. The summed E-state index contributed by atoms with van der Waals surface area (Å²) in [5.74, 6) is -0.618. The number of aliphatic hydroxyl groups excluding tert-OH is 1. The van der Waals surface area contributed by atoms with Crippen molar-refractivity contribution < 1.29 is 17.9 Å². The quantitative estimate of drug-likeness (QED) is 0.670. The van der Waals surface area contributed by atoms with Crippen LogP contribution in [0.2, 0.25) is 0 Å². The Kier molecular flexibility index (Phi) is 4.16. The fourth-order valence-electron chi connectivity index (χ4n) is 2.38. The molecule has 0 unspecified atom stereocenters. The van der Waals surface area contributed by atoms with Crippen molar-refractivity contribution in [2.24, 2.45) is 0 Å². The molecule has 1 aromatic heterocycles. The van der Waals surface area contributed by atoms with E-state index in [-0.39, 0.29) is 16.8 Å². The first-order valence-electron chi connectivity index (χ1n) is 6.97. The van der Waals surface area contributed by atoms with Crippen LogP contribution in [0.15, 0.2) is 59.6 Å². The Hall–Kier alpha value is -2.22. The van der Waals surface area contributed by atoms with Gasteiger partial charge in [0, 0.05) is 18.3 Å². The van der Waals surface area contributed by atoms with Crippen molar-refractivity contribution in [3.8, 4) is 0 Å². The van der Waals surface area contributed by atoms with Gasteiger partial charge in [-0.05, 0) is 17.7 Å². The lowest BCUT2D eigenvalue weighted by molar-refractivity contribution is 0.182. The molecule has 1 heterocycles. The third kappa shape index (κ3) is 3.12. The lowest BCUT2D eigenvalue weighted by Gasteiger charge is -2.12. The van der Waals surface area contributed by atoms with E-state index in [1.165, 1.54) is 18.3 Å². The number of benzene rings is 2. The first-order chi connectivity index (χ1) is 11.0. The summed E-state index contributed by atoms with van der Waals surface area (Å²) < 4.78 is 41.0. The zero-order valence-electron chi connectivity index (χ0n) is 12.0. The molecule has 0 amide bonds. The van der Waals surface area contributed by atoms with Crippen molar-refractivity contribution in [1.29, 1.82) is 0 Å². The molecule has 0 radical (unpaired) electrons. The van der Waals surface area contributed by atoms with E-state index < -0.39 is 21.9 Å². The van der Waals surface area contributed by atoms with Crippen molar-refractivity contribution in [3.63, 3.8) is 0 Å². The maximum atomic E-state index is 13.9. The van der Waals surface area contributed by atoms with Crippen LogP contribution in [0.4, 0.5) is 4.39 Å². The van der Waals surface area contributed by atoms with Gasteiger partial charge >= 0.3 is 0 Å². The summed E-state index contributed by atoms with van der Waals surface area (Å²) in [6.07, 6.45) is 0.256. The molecule has 0 spiro atoms. The number of hydrogen-bond acceptors (Lipinski definition) is 3. The lowest BCUT2D eigenvalue weighted by atomic mass is 10.1. The highest BCUT2D eigenvalue weighted by molar-refractivity contribution is 7.89. The molecular formula is C16H15FN2O3S. The maximum Gasteiger partial charge on any atom is 0.242 e. The van der Waals surface area contributed by atoms with E-state index >= 15 is 0 Å². The minimum atomic E-state index is -3.95. The Morgan fingerprint density at radius 2 is 1.87 bits per heavy atom. The van der Waals surface area contributed by atoms with E-state index in [9.17, 15) is 17.9 Å². The van der Waals surface area contributed by atoms with Crippen LogP contribution >= 0.6 is 0 Å². The molecule has 5 nitrogen and oxygen atoms in total. The molecule has 0 saturated carbocycles. The van der Waals surface area contributed by atoms with Crippen molar-refractivity contribution >= 4 is 20.9 Å². The second-order valence-electron chi connectivity index (χ2n) is 5.09. The van der Waals surface area contributed by atoms with Crippen molar-refractivity contribution in [3.05, 3.63) is 66.1 Å². The molecule has 0 fully saturated rings. The lowest BCUT2D eigenvalue weighted by Crippen LogP contribution is -2.28. The number of hydrogen-bond donors (Lipinski definition) is 3. The summed E-state index contributed by atoms with van der Waals surface area (Å²) in [5, 5.41) is 10.0. The van der Waals surface area contributed by atoms with E-state index in [1.807, 2.05) is 0 Å². The van der Waals surface area contributed by atoms with Gasteiger partial charge in [0.15, 0.2) is 0 Å². The van der Waals surface area contributed by atoms with Gasteiger partial charge in [-0.15, -0.1) is 0 Å². The predicted molar refractivity (Wildman–Crippen MR) is 84.8 cm³/mol. The zero-order chi connectivity index (χ0) is 16.4. The van der Waals surface area contributed by atoms with Gasteiger partial charge in [0.1, 0.15) is 10.7 Å². The van der Waals surface area contributed by atoms with Crippen LogP contribution in [0.1, 0.15) is 11.7 Å².